The van der Waals surface area contributed by atoms with Crippen LogP contribution in [-0.2, 0) is 16.1 Å². The van der Waals surface area contributed by atoms with Crippen molar-refractivity contribution in [3.8, 4) is 0 Å². The van der Waals surface area contributed by atoms with Crippen LogP contribution in [0.15, 0.2) is 0 Å². The van der Waals surface area contributed by atoms with E-state index in [-0.39, 0.29) is 11.9 Å². The van der Waals surface area contributed by atoms with E-state index in [9.17, 15) is 22.8 Å². The first-order chi connectivity index (χ1) is 11.5. The molecule has 0 aliphatic heterocycles. The molecule has 2 N–H and O–H groups in total. The third kappa shape index (κ3) is 4.52. The SMILES string of the molecule is Cc1nn(CC(F)(F)F)c(C)c1C(C)C(=O)N[C@H]1CC[C@@H](C(=O)O)C1. The standard InChI is InChI=1S/C16H22F3N3O3/c1-8(14(23)20-12-5-4-11(6-12)15(24)25)13-9(2)21-22(10(13)3)7-16(17,18)19/h8,11-12H,4-7H2,1-3H3,(H,20,23)(H,24,25)/t8?,11-,12+/m1/s1. The molecule has 1 heterocycles. The zero-order valence-electron chi connectivity index (χ0n) is 14.4. The number of aryl methyl sites for hydroxylation is 1. The quantitative estimate of drug-likeness (QED) is 0.844. The lowest BCUT2D eigenvalue weighted by atomic mass is 9.97. The van der Waals surface area contributed by atoms with Gasteiger partial charge in [-0.15, -0.1) is 0 Å². The molecule has 1 saturated carbocycles. The Morgan fingerprint density at radius 1 is 1.36 bits per heavy atom. The minimum atomic E-state index is -4.39. The highest BCUT2D eigenvalue weighted by molar-refractivity contribution is 5.84. The van der Waals surface area contributed by atoms with Gasteiger partial charge in [0.25, 0.3) is 0 Å². The third-order valence-electron chi connectivity index (χ3n) is 4.72. The Kier molecular flexibility index (Phi) is 5.43. The molecule has 0 saturated heterocycles. The Morgan fingerprint density at radius 3 is 2.52 bits per heavy atom. The molecule has 1 amide bonds. The van der Waals surface area contributed by atoms with Crippen LogP contribution in [0.5, 0.6) is 0 Å². The Bertz CT molecular complexity index is 670. The Labute approximate surface area is 143 Å². The van der Waals surface area contributed by atoms with Gasteiger partial charge in [0.1, 0.15) is 6.54 Å². The zero-order chi connectivity index (χ0) is 18.9. The van der Waals surface area contributed by atoms with E-state index in [0.29, 0.717) is 36.2 Å². The van der Waals surface area contributed by atoms with Crippen molar-refractivity contribution in [2.75, 3.05) is 0 Å². The first kappa shape index (κ1) is 19.3. The molecule has 0 radical (unpaired) electrons. The van der Waals surface area contributed by atoms with Gasteiger partial charge < -0.3 is 10.4 Å². The summed E-state index contributed by atoms with van der Waals surface area (Å²) in [6, 6.07) is -0.220. The smallest absolute Gasteiger partial charge is 0.408 e. The van der Waals surface area contributed by atoms with Crippen LogP contribution in [0.25, 0.3) is 0 Å². The molecule has 2 rings (SSSR count). The van der Waals surface area contributed by atoms with E-state index in [0.717, 1.165) is 4.68 Å². The maximum Gasteiger partial charge on any atom is 0.408 e. The minimum absolute atomic E-state index is 0.220. The van der Waals surface area contributed by atoms with Gasteiger partial charge in [0.15, 0.2) is 0 Å². The van der Waals surface area contributed by atoms with Gasteiger partial charge in [0.2, 0.25) is 5.91 Å². The molecular formula is C16H22F3N3O3. The summed E-state index contributed by atoms with van der Waals surface area (Å²) in [4.78, 5) is 23.4. The number of carboxylic acids is 1. The Balaban J connectivity index is 2.08. The molecule has 1 unspecified atom stereocenters. The topological polar surface area (TPSA) is 84.2 Å². The van der Waals surface area contributed by atoms with Gasteiger partial charge in [0, 0.05) is 17.3 Å². The van der Waals surface area contributed by atoms with E-state index in [1.807, 2.05) is 0 Å². The van der Waals surface area contributed by atoms with Crippen LogP contribution in [0.3, 0.4) is 0 Å². The molecule has 25 heavy (non-hydrogen) atoms. The maximum atomic E-state index is 12.6. The number of amides is 1. The molecule has 3 atom stereocenters. The number of alkyl halides is 3. The van der Waals surface area contributed by atoms with E-state index >= 15 is 0 Å². The highest BCUT2D eigenvalue weighted by Gasteiger charge is 2.34. The van der Waals surface area contributed by atoms with Gasteiger partial charge in [-0.05, 0) is 40.0 Å². The van der Waals surface area contributed by atoms with E-state index in [2.05, 4.69) is 10.4 Å². The van der Waals surface area contributed by atoms with Crippen molar-refractivity contribution in [1.82, 2.24) is 15.1 Å². The molecule has 0 aromatic carbocycles. The molecule has 9 heteroatoms. The van der Waals surface area contributed by atoms with Gasteiger partial charge in [-0.25, -0.2) is 0 Å². The number of rotatable bonds is 5. The molecule has 0 bridgehead atoms. The van der Waals surface area contributed by atoms with Gasteiger partial charge in [-0.3, -0.25) is 14.3 Å². The van der Waals surface area contributed by atoms with Crippen LogP contribution in [0, 0.1) is 19.8 Å². The van der Waals surface area contributed by atoms with Crippen LogP contribution in [0.2, 0.25) is 0 Å². The number of nitrogens with zero attached hydrogens (tertiary/aromatic N) is 2. The minimum Gasteiger partial charge on any atom is -0.481 e. The molecule has 1 aromatic heterocycles. The number of carbonyl (C=O) groups excluding carboxylic acids is 1. The van der Waals surface area contributed by atoms with Crippen molar-refractivity contribution in [2.24, 2.45) is 5.92 Å². The van der Waals surface area contributed by atoms with E-state index in [4.69, 9.17) is 5.11 Å². The third-order valence-corrected chi connectivity index (χ3v) is 4.72. The predicted molar refractivity (Wildman–Crippen MR) is 83.1 cm³/mol. The summed E-state index contributed by atoms with van der Waals surface area (Å²) in [6.45, 7) is 3.51. The first-order valence-electron chi connectivity index (χ1n) is 8.13. The molecule has 1 aliphatic rings. The van der Waals surface area contributed by atoms with Crippen molar-refractivity contribution in [2.45, 2.75) is 64.7 Å². The number of halogens is 3. The van der Waals surface area contributed by atoms with Crippen LogP contribution < -0.4 is 5.32 Å². The largest absolute Gasteiger partial charge is 0.481 e. The number of carbonyl (C=O) groups is 2. The molecule has 0 spiro atoms. The normalized spacial score (nSPS) is 22.0. The second kappa shape index (κ2) is 7.05. The van der Waals surface area contributed by atoms with Crippen molar-refractivity contribution in [1.29, 1.82) is 0 Å². The van der Waals surface area contributed by atoms with Crippen LogP contribution in [0.1, 0.15) is 49.1 Å². The summed E-state index contributed by atoms with van der Waals surface area (Å²) < 4.78 is 38.7. The molecule has 1 fully saturated rings. The first-order valence-corrected chi connectivity index (χ1v) is 8.13. The molecule has 6 nitrogen and oxygen atoms in total. The number of carboxylic acid groups (broad SMARTS) is 1. The molecular weight excluding hydrogens is 339 g/mol. The Hall–Kier alpha value is -2.06. The lowest BCUT2D eigenvalue weighted by Gasteiger charge is -2.17. The van der Waals surface area contributed by atoms with Crippen molar-refractivity contribution in [3.05, 3.63) is 17.0 Å². The molecule has 140 valence electrons. The average Bonchev–Trinajstić information content (AvgIpc) is 3.03. The number of hydrogen-bond acceptors (Lipinski definition) is 3. The summed E-state index contributed by atoms with van der Waals surface area (Å²) in [6.07, 6.45) is -2.92. The number of aliphatic carboxylic acids is 1. The van der Waals surface area contributed by atoms with Crippen molar-refractivity contribution < 1.29 is 27.9 Å². The fraction of sp³-hybridized carbons (Fsp3) is 0.688. The Morgan fingerprint density at radius 2 is 2.00 bits per heavy atom. The van der Waals surface area contributed by atoms with Gasteiger partial charge in [-0.2, -0.15) is 18.3 Å². The summed E-state index contributed by atoms with van der Waals surface area (Å²) in [5.74, 6) is -2.32. The number of nitrogens with one attached hydrogen (secondary N) is 1. The van der Waals surface area contributed by atoms with E-state index in [1.54, 1.807) is 13.8 Å². The molecule has 1 aromatic rings. The average molecular weight is 361 g/mol. The monoisotopic (exact) mass is 361 g/mol. The van der Waals surface area contributed by atoms with Crippen LogP contribution >= 0.6 is 0 Å². The maximum absolute atomic E-state index is 12.6. The van der Waals surface area contributed by atoms with Gasteiger partial charge in [-0.1, -0.05) is 0 Å². The van der Waals surface area contributed by atoms with Crippen LogP contribution in [0.4, 0.5) is 13.2 Å². The molecule has 1 aliphatic carbocycles. The predicted octanol–water partition coefficient (Wildman–Crippen LogP) is 2.54. The van der Waals surface area contributed by atoms with E-state index in [1.165, 1.54) is 6.92 Å². The second-order valence-corrected chi connectivity index (χ2v) is 6.63. The highest BCUT2D eigenvalue weighted by atomic mass is 19.4. The van der Waals surface area contributed by atoms with Crippen molar-refractivity contribution >= 4 is 11.9 Å². The number of aromatic nitrogens is 2. The van der Waals surface area contributed by atoms with E-state index < -0.39 is 30.5 Å². The number of hydrogen-bond donors (Lipinski definition) is 2. The fourth-order valence-corrected chi connectivity index (χ4v) is 3.46. The summed E-state index contributed by atoms with van der Waals surface area (Å²) in [5, 5.41) is 15.7. The van der Waals surface area contributed by atoms with Gasteiger partial charge in [0.05, 0.1) is 17.5 Å². The highest BCUT2D eigenvalue weighted by Crippen LogP contribution is 2.29. The van der Waals surface area contributed by atoms with Gasteiger partial charge >= 0.3 is 12.1 Å². The second-order valence-electron chi connectivity index (χ2n) is 6.63. The van der Waals surface area contributed by atoms with Crippen LogP contribution in [-0.4, -0.2) is 39.0 Å². The summed E-state index contributed by atoms with van der Waals surface area (Å²) in [7, 11) is 0. The summed E-state index contributed by atoms with van der Waals surface area (Å²) >= 11 is 0. The lowest BCUT2D eigenvalue weighted by Crippen LogP contribution is -2.36. The lowest BCUT2D eigenvalue weighted by molar-refractivity contribution is -0.143. The summed E-state index contributed by atoms with van der Waals surface area (Å²) in [5.41, 5.74) is 1.18. The fourth-order valence-electron chi connectivity index (χ4n) is 3.46. The van der Waals surface area contributed by atoms with Crippen molar-refractivity contribution in [3.63, 3.8) is 0 Å². The zero-order valence-corrected chi connectivity index (χ0v) is 14.4.